The second kappa shape index (κ2) is 5.07. The molecule has 0 aliphatic carbocycles. The molecule has 0 amide bonds. The zero-order valence-electron chi connectivity index (χ0n) is 11.0. The predicted octanol–water partition coefficient (Wildman–Crippen LogP) is 2.20. The van der Waals surface area contributed by atoms with E-state index < -0.39 is 0 Å². The molecule has 0 saturated carbocycles. The molecule has 1 fully saturated rings. The van der Waals surface area contributed by atoms with Crippen molar-refractivity contribution in [2.45, 2.75) is 13.5 Å². The molecule has 1 aliphatic rings. The summed E-state index contributed by atoms with van der Waals surface area (Å²) in [4.78, 5) is 2.19. The van der Waals surface area contributed by atoms with Crippen molar-refractivity contribution in [1.82, 2.24) is 4.90 Å². The van der Waals surface area contributed by atoms with E-state index in [-0.39, 0.29) is 0 Å². The Bertz CT molecular complexity index is 372. The van der Waals surface area contributed by atoms with Gasteiger partial charge in [0.2, 0.25) is 0 Å². The minimum absolute atomic E-state index is 0.311. The number of ether oxygens (including phenoxy) is 1. The van der Waals surface area contributed by atoms with Gasteiger partial charge in [-0.25, -0.2) is 0 Å². The smallest absolute Gasteiger partial charge is 0.0559 e. The molecule has 0 unspecified atom stereocenters. The van der Waals surface area contributed by atoms with Crippen LogP contribution in [0, 0.1) is 5.41 Å². The average molecular weight is 234 g/mol. The summed E-state index contributed by atoms with van der Waals surface area (Å²) in [5.74, 6) is 0. The van der Waals surface area contributed by atoms with Crippen molar-refractivity contribution in [3.63, 3.8) is 0 Å². The lowest BCUT2D eigenvalue weighted by Gasteiger charge is -2.38. The van der Waals surface area contributed by atoms with Crippen LogP contribution in [0.25, 0.3) is 0 Å². The molecule has 1 saturated heterocycles. The number of nitrogens with one attached hydrogen (secondary N) is 1. The van der Waals surface area contributed by atoms with Gasteiger partial charge in [0.25, 0.3) is 0 Å². The first-order chi connectivity index (χ1) is 8.09. The van der Waals surface area contributed by atoms with Gasteiger partial charge in [0.1, 0.15) is 0 Å². The lowest BCUT2D eigenvalue weighted by molar-refractivity contribution is -0.0924. The van der Waals surface area contributed by atoms with E-state index in [2.05, 4.69) is 55.5 Å². The molecule has 0 atom stereocenters. The first-order valence-corrected chi connectivity index (χ1v) is 6.13. The number of nitrogens with zero attached hydrogens (tertiary/aromatic N) is 1. The van der Waals surface area contributed by atoms with Crippen molar-refractivity contribution in [3.05, 3.63) is 29.8 Å². The highest BCUT2D eigenvalue weighted by Crippen LogP contribution is 2.27. The van der Waals surface area contributed by atoms with E-state index in [0.717, 1.165) is 26.3 Å². The first kappa shape index (κ1) is 12.4. The number of anilines is 1. The number of benzene rings is 1. The van der Waals surface area contributed by atoms with Crippen molar-refractivity contribution in [2.24, 2.45) is 5.41 Å². The van der Waals surface area contributed by atoms with E-state index in [4.69, 9.17) is 4.74 Å². The van der Waals surface area contributed by atoms with Crippen LogP contribution in [0.4, 0.5) is 5.69 Å². The summed E-state index contributed by atoms with van der Waals surface area (Å²) in [5, 5.41) is 3.55. The molecule has 0 bridgehead atoms. The molecular weight excluding hydrogens is 212 g/mol. The van der Waals surface area contributed by atoms with Gasteiger partial charge in [-0.3, -0.25) is 0 Å². The van der Waals surface area contributed by atoms with Crippen LogP contribution < -0.4 is 5.32 Å². The average Bonchev–Trinajstić information content (AvgIpc) is 2.25. The zero-order valence-corrected chi connectivity index (χ0v) is 11.0. The van der Waals surface area contributed by atoms with Gasteiger partial charge in [-0.2, -0.15) is 0 Å². The second-order valence-corrected chi connectivity index (χ2v) is 5.55. The Labute approximate surface area is 104 Å². The van der Waals surface area contributed by atoms with Crippen LogP contribution in [0.3, 0.4) is 0 Å². The molecule has 1 N–H and O–H groups in total. The Kier molecular flexibility index (Phi) is 3.69. The van der Waals surface area contributed by atoms with Crippen LogP contribution >= 0.6 is 0 Å². The lowest BCUT2D eigenvalue weighted by atomic mass is 9.88. The van der Waals surface area contributed by atoms with E-state index in [0.29, 0.717) is 5.41 Å². The normalized spacial score (nSPS) is 17.9. The lowest BCUT2D eigenvalue weighted by Crippen LogP contribution is -2.45. The van der Waals surface area contributed by atoms with E-state index >= 15 is 0 Å². The van der Waals surface area contributed by atoms with Crippen LogP contribution in [0.15, 0.2) is 24.3 Å². The Balaban J connectivity index is 1.99. The molecule has 0 radical (unpaired) electrons. The molecule has 17 heavy (non-hydrogen) atoms. The number of hydrogen-bond donors (Lipinski definition) is 1. The van der Waals surface area contributed by atoms with Crippen LogP contribution in [-0.4, -0.2) is 38.8 Å². The van der Waals surface area contributed by atoms with Gasteiger partial charge >= 0.3 is 0 Å². The van der Waals surface area contributed by atoms with Crippen LogP contribution in [0.5, 0.6) is 0 Å². The predicted molar refractivity (Wildman–Crippen MR) is 71.2 cm³/mol. The number of para-hydroxylation sites is 1. The third-order valence-corrected chi connectivity index (χ3v) is 3.11. The van der Waals surface area contributed by atoms with E-state index in [9.17, 15) is 0 Å². The molecule has 1 heterocycles. The summed E-state index contributed by atoms with van der Waals surface area (Å²) >= 11 is 0. The summed E-state index contributed by atoms with van der Waals surface area (Å²) in [6.45, 7) is 5.96. The van der Waals surface area contributed by atoms with Crippen molar-refractivity contribution in [3.8, 4) is 0 Å². The van der Waals surface area contributed by atoms with Gasteiger partial charge in [0.15, 0.2) is 0 Å². The number of rotatable bonds is 5. The van der Waals surface area contributed by atoms with Gasteiger partial charge in [0, 0.05) is 24.2 Å². The standard InChI is InChI=1S/C14H22N2O/c1-14(10-17-11-14)9-15-13-7-5-4-6-12(13)8-16(2)3/h4-7,15H,8-11H2,1-3H3. The molecule has 0 aromatic heterocycles. The zero-order chi connectivity index (χ0) is 12.3. The Hall–Kier alpha value is -1.06. The third kappa shape index (κ3) is 3.20. The molecule has 3 heteroatoms. The monoisotopic (exact) mass is 234 g/mol. The molecule has 1 aliphatic heterocycles. The maximum Gasteiger partial charge on any atom is 0.0559 e. The van der Waals surface area contributed by atoms with Crippen LogP contribution in [-0.2, 0) is 11.3 Å². The van der Waals surface area contributed by atoms with E-state index in [1.54, 1.807) is 0 Å². The van der Waals surface area contributed by atoms with Crippen molar-refractivity contribution >= 4 is 5.69 Å². The topological polar surface area (TPSA) is 24.5 Å². The highest BCUT2D eigenvalue weighted by molar-refractivity contribution is 5.51. The Morgan fingerprint density at radius 2 is 2.00 bits per heavy atom. The van der Waals surface area contributed by atoms with Gasteiger partial charge in [-0.05, 0) is 25.7 Å². The van der Waals surface area contributed by atoms with Crippen molar-refractivity contribution in [1.29, 1.82) is 0 Å². The van der Waals surface area contributed by atoms with Gasteiger partial charge in [-0.15, -0.1) is 0 Å². The minimum Gasteiger partial charge on any atom is -0.384 e. The molecule has 1 aromatic carbocycles. The van der Waals surface area contributed by atoms with Gasteiger partial charge < -0.3 is 15.0 Å². The highest BCUT2D eigenvalue weighted by Gasteiger charge is 2.33. The second-order valence-electron chi connectivity index (χ2n) is 5.55. The fourth-order valence-electron chi connectivity index (χ4n) is 2.03. The fourth-order valence-corrected chi connectivity index (χ4v) is 2.03. The summed E-state index contributed by atoms with van der Waals surface area (Å²) < 4.78 is 5.27. The molecule has 2 rings (SSSR count). The quantitative estimate of drug-likeness (QED) is 0.845. The summed E-state index contributed by atoms with van der Waals surface area (Å²) in [7, 11) is 4.19. The summed E-state index contributed by atoms with van der Waals surface area (Å²) in [5.41, 5.74) is 2.90. The third-order valence-electron chi connectivity index (χ3n) is 3.11. The number of hydrogen-bond acceptors (Lipinski definition) is 3. The molecule has 3 nitrogen and oxygen atoms in total. The largest absolute Gasteiger partial charge is 0.384 e. The fraction of sp³-hybridized carbons (Fsp3) is 0.571. The van der Waals surface area contributed by atoms with Gasteiger partial charge in [-0.1, -0.05) is 25.1 Å². The minimum atomic E-state index is 0.311. The summed E-state index contributed by atoms with van der Waals surface area (Å²) in [6.07, 6.45) is 0. The Morgan fingerprint density at radius 1 is 1.29 bits per heavy atom. The van der Waals surface area contributed by atoms with E-state index in [1.165, 1.54) is 11.3 Å². The SMILES string of the molecule is CN(C)Cc1ccccc1NCC1(C)COC1. The molecule has 94 valence electrons. The highest BCUT2D eigenvalue weighted by atomic mass is 16.5. The van der Waals surface area contributed by atoms with Crippen LogP contribution in [0.1, 0.15) is 12.5 Å². The molecular formula is C14H22N2O. The molecule has 1 aromatic rings. The first-order valence-electron chi connectivity index (χ1n) is 6.13. The Morgan fingerprint density at radius 3 is 2.59 bits per heavy atom. The maximum atomic E-state index is 5.27. The van der Waals surface area contributed by atoms with Crippen molar-refractivity contribution in [2.75, 3.05) is 39.2 Å². The van der Waals surface area contributed by atoms with Crippen LogP contribution in [0.2, 0.25) is 0 Å². The van der Waals surface area contributed by atoms with Crippen molar-refractivity contribution < 1.29 is 4.74 Å². The summed E-state index contributed by atoms with van der Waals surface area (Å²) in [6, 6.07) is 8.52. The van der Waals surface area contributed by atoms with Gasteiger partial charge in [0.05, 0.1) is 13.2 Å². The van der Waals surface area contributed by atoms with E-state index in [1.807, 2.05) is 0 Å². The molecule has 0 spiro atoms. The maximum absolute atomic E-state index is 5.27.